The highest BCUT2D eigenvalue weighted by atomic mass is 19.1. The molecule has 2 aromatic heterocycles. The van der Waals surface area contributed by atoms with Crippen molar-refractivity contribution in [2.75, 3.05) is 0 Å². The summed E-state index contributed by atoms with van der Waals surface area (Å²) in [4.78, 5) is 38.4. The number of nitrogens with one attached hydrogen (secondary N) is 1. The zero-order valence-electron chi connectivity index (χ0n) is 15.2. The van der Waals surface area contributed by atoms with Gasteiger partial charge in [-0.1, -0.05) is 18.2 Å². The predicted molar refractivity (Wildman–Crippen MR) is 104 cm³/mol. The fourth-order valence-corrected chi connectivity index (χ4v) is 3.12. The summed E-state index contributed by atoms with van der Waals surface area (Å²) in [5, 5.41) is 2.91. The Balaban J connectivity index is 1.79. The third-order valence-electron chi connectivity index (χ3n) is 4.46. The molecule has 4 aromatic rings. The van der Waals surface area contributed by atoms with E-state index in [1.165, 1.54) is 29.0 Å². The van der Waals surface area contributed by atoms with Crippen LogP contribution in [-0.4, -0.2) is 15.0 Å². The van der Waals surface area contributed by atoms with Crippen molar-refractivity contribution in [3.8, 4) is 5.69 Å². The molecule has 4 rings (SSSR count). The Morgan fingerprint density at radius 1 is 1.03 bits per heavy atom. The van der Waals surface area contributed by atoms with Crippen molar-refractivity contribution in [3.63, 3.8) is 0 Å². The molecule has 0 radical (unpaired) electrons. The second kappa shape index (κ2) is 7.59. The third-order valence-corrected chi connectivity index (χ3v) is 4.46. The van der Waals surface area contributed by atoms with E-state index in [-0.39, 0.29) is 24.2 Å². The molecule has 1 N–H and O–H groups in total. The minimum atomic E-state index is -0.729. The van der Waals surface area contributed by atoms with Crippen LogP contribution < -0.4 is 16.6 Å². The molecular weight excluding hydrogens is 377 g/mol. The highest BCUT2D eigenvalue weighted by Crippen LogP contribution is 2.11. The summed E-state index contributed by atoms with van der Waals surface area (Å²) >= 11 is 0. The molecule has 0 aliphatic rings. The molecule has 2 heterocycles. The minimum absolute atomic E-state index is 0.0931. The molecule has 146 valence electrons. The summed E-state index contributed by atoms with van der Waals surface area (Å²) in [6.45, 7) is -0.141. The monoisotopic (exact) mass is 393 g/mol. The fourth-order valence-electron chi connectivity index (χ4n) is 3.12. The molecule has 0 aliphatic heterocycles. The Bertz CT molecular complexity index is 1310. The van der Waals surface area contributed by atoms with Gasteiger partial charge in [-0.25, -0.2) is 13.8 Å². The summed E-state index contributed by atoms with van der Waals surface area (Å²) in [5.74, 6) is -0.442. The summed E-state index contributed by atoms with van der Waals surface area (Å²) in [6.07, 6.45) is 1.49. The summed E-state index contributed by atoms with van der Waals surface area (Å²) in [7, 11) is 0. The van der Waals surface area contributed by atoms with Crippen LogP contribution in [0.15, 0.2) is 80.9 Å². The molecule has 0 unspecified atom stereocenters. The highest BCUT2D eigenvalue weighted by Gasteiger charge is 2.16. The normalized spacial score (nSPS) is 10.9. The lowest BCUT2D eigenvalue weighted by molar-refractivity contribution is -0.121. The molecule has 2 aromatic carbocycles. The number of carbonyl (C=O) groups excluding carboxylic acids is 1. The SMILES string of the molecule is O=C(Cn1c(=O)n(-c2cccc(F)c2)c(=O)c2ccccc21)NCc1ccco1. The van der Waals surface area contributed by atoms with Crippen molar-refractivity contribution in [1.82, 2.24) is 14.5 Å². The van der Waals surface area contributed by atoms with E-state index in [1.54, 1.807) is 36.4 Å². The second-order valence-corrected chi connectivity index (χ2v) is 6.36. The summed E-state index contributed by atoms with van der Waals surface area (Å²) in [6, 6.07) is 15.1. The predicted octanol–water partition coefficient (Wildman–Crippen LogP) is 2.20. The molecule has 0 bridgehead atoms. The molecule has 0 saturated heterocycles. The van der Waals surface area contributed by atoms with E-state index in [4.69, 9.17) is 4.42 Å². The molecule has 29 heavy (non-hydrogen) atoms. The summed E-state index contributed by atoms with van der Waals surface area (Å²) < 4.78 is 20.9. The van der Waals surface area contributed by atoms with Gasteiger partial charge in [0.25, 0.3) is 5.56 Å². The van der Waals surface area contributed by atoms with E-state index in [1.807, 2.05) is 0 Å². The van der Waals surface area contributed by atoms with Crippen molar-refractivity contribution >= 4 is 16.8 Å². The van der Waals surface area contributed by atoms with Gasteiger partial charge in [0, 0.05) is 0 Å². The quantitative estimate of drug-likeness (QED) is 0.563. The van der Waals surface area contributed by atoms with Crippen molar-refractivity contribution in [3.05, 3.63) is 99.3 Å². The van der Waals surface area contributed by atoms with E-state index in [2.05, 4.69) is 5.32 Å². The molecular formula is C21H16FN3O4. The number of aromatic nitrogens is 2. The Hall–Kier alpha value is -3.94. The molecule has 7 nitrogen and oxygen atoms in total. The van der Waals surface area contributed by atoms with Crippen LogP contribution in [0.1, 0.15) is 5.76 Å². The first-order valence-corrected chi connectivity index (χ1v) is 8.84. The van der Waals surface area contributed by atoms with Crippen LogP contribution in [0.3, 0.4) is 0 Å². The topological polar surface area (TPSA) is 86.2 Å². The molecule has 1 amide bonds. The van der Waals surface area contributed by atoms with Gasteiger partial charge in [0.15, 0.2) is 0 Å². The first kappa shape index (κ1) is 18.4. The number of amides is 1. The lowest BCUT2D eigenvalue weighted by Gasteiger charge is -2.14. The standard InChI is InChI=1S/C21H16FN3O4/c22-14-5-3-6-15(11-14)25-20(27)17-8-1-2-9-18(17)24(21(25)28)13-19(26)23-12-16-7-4-10-29-16/h1-11H,12-13H2,(H,23,26). The Kier molecular flexibility index (Phi) is 4.82. The van der Waals surface area contributed by atoms with Gasteiger partial charge in [0.1, 0.15) is 18.1 Å². The number of para-hydroxylation sites is 1. The molecule has 0 fully saturated rings. The molecule has 0 spiro atoms. The van der Waals surface area contributed by atoms with Crippen LogP contribution >= 0.6 is 0 Å². The van der Waals surface area contributed by atoms with Gasteiger partial charge in [0.05, 0.1) is 29.4 Å². The minimum Gasteiger partial charge on any atom is -0.467 e. The van der Waals surface area contributed by atoms with E-state index < -0.39 is 23.0 Å². The van der Waals surface area contributed by atoms with Crippen molar-refractivity contribution in [2.24, 2.45) is 0 Å². The number of fused-ring (bicyclic) bond motifs is 1. The van der Waals surface area contributed by atoms with Gasteiger partial charge < -0.3 is 9.73 Å². The number of benzene rings is 2. The van der Waals surface area contributed by atoms with E-state index >= 15 is 0 Å². The van der Waals surface area contributed by atoms with Gasteiger partial charge in [0.2, 0.25) is 5.91 Å². The number of hydrogen-bond acceptors (Lipinski definition) is 4. The maximum absolute atomic E-state index is 13.7. The number of rotatable bonds is 5. The van der Waals surface area contributed by atoms with Crippen LogP contribution in [0, 0.1) is 5.82 Å². The van der Waals surface area contributed by atoms with Crippen LogP contribution in [-0.2, 0) is 17.9 Å². The summed E-state index contributed by atoms with van der Waals surface area (Å²) in [5.41, 5.74) is -0.894. The molecule has 8 heteroatoms. The van der Waals surface area contributed by atoms with E-state index in [9.17, 15) is 18.8 Å². The zero-order valence-corrected chi connectivity index (χ0v) is 15.2. The molecule has 0 atom stereocenters. The van der Waals surface area contributed by atoms with Crippen molar-refractivity contribution < 1.29 is 13.6 Å². The smallest absolute Gasteiger partial charge is 0.336 e. The Morgan fingerprint density at radius 2 is 1.86 bits per heavy atom. The average molecular weight is 393 g/mol. The fraction of sp³-hybridized carbons (Fsp3) is 0.0952. The molecule has 0 aliphatic carbocycles. The van der Waals surface area contributed by atoms with Gasteiger partial charge in [-0.15, -0.1) is 0 Å². The van der Waals surface area contributed by atoms with Gasteiger partial charge in [-0.05, 0) is 42.5 Å². The molecule has 0 saturated carbocycles. The number of carbonyl (C=O) groups is 1. The second-order valence-electron chi connectivity index (χ2n) is 6.36. The van der Waals surface area contributed by atoms with Crippen LogP contribution in [0.4, 0.5) is 4.39 Å². The van der Waals surface area contributed by atoms with Gasteiger partial charge in [-0.3, -0.25) is 14.2 Å². The number of halogens is 1. The lowest BCUT2D eigenvalue weighted by Crippen LogP contribution is -2.41. The largest absolute Gasteiger partial charge is 0.467 e. The number of nitrogens with zero attached hydrogens (tertiary/aromatic N) is 2. The van der Waals surface area contributed by atoms with Crippen molar-refractivity contribution in [2.45, 2.75) is 13.1 Å². The van der Waals surface area contributed by atoms with Crippen LogP contribution in [0.5, 0.6) is 0 Å². The van der Waals surface area contributed by atoms with Crippen LogP contribution in [0.25, 0.3) is 16.6 Å². The highest BCUT2D eigenvalue weighted by molar-refractivity contribution is 5.81. The average Bonchev–Trinajstić information content (AvgIpc) is 3.23. The van der Waals surface area contributed by atoms with E-state index in [0.29, 0.717) is 11.3 Å². The lowest BCUT2D eigenvalue weighted by atomic mass is 10.2. The number of furan rings is 1. The van der Waals surface area contributed by atoms with Gasteiger partial charge >= 0.3 is 5.69 Å². The third kappa shape index (κ3) is 3.60. The van der Waals surface area contributed by atoms with E-state index in [0.717, 1.165) is 10.6 Å². The van der Waals surface area contributed by atoms with Gasteiger partial charge in [-0.2, -0.15) is 0 Å². The maximum atomic E-state index is 13.7. The first-order valence-electron chi connectivity index (χ1n) is 8.84. The Labute approximate surface area is 163 Å². The maximum Gasteiger partial charge on any atom is 0.336 e. The number of hydrogen-bond donors (Lipinski definition) is 1. The van der Waals surface area contributed by atoms with Crippen LogP contribution in [0.2, 0.25) is 0 Å². The first-order chi connectivity index (χ1) is 14.0. The zero-order chi connectivity index (χ0) is 20.4. The van der Waals surface area contributed by atoms with Crippen molar-refractivity contribution in [1.29, 1.82) is 0 Å². The Morgan fingerprint density at radius 3 is 2.62 bits per heavy atom.